The molecule has 0 aromatic carbocycles. The van der Waals surface area contributed by atoms with E-state index in [1.165, 1.54) is 30.1 Å². The summed E-state index contributed by atoms with van der Waals surface area (Å²) in [6, 6.07) is 0.0600. The Morgan fingerprint density at radius 3 is 2.89 bits per heavy atom. The van der Waals surface area contributed by atoms with Crippen molar-refractivity contribution in [3.63, 3.8) is 0 Å². The lowest BCUT2D eigenvalue weighted by atomic mass is 9.85. The molecular formula is C13H21ClN4O. The van der Waals surface area contributed by atoms with Crippen molar-refractivity contribution in [2.75, 3.05) is 11.9 Å². The van der Waals surface area contributed by atoms with Crippen LogP contribution in [-0.2, 0) is 6.54 Å². The Morgan fingerprint density at radius 1 is 1.63 bits per heavy atom. The van der Waals surface area contributed by atoms with Gasteiger partial charge in [0.25, 0.3) is 5.56 Å². The minimum atomic E-state index is -0.147. The first kappa shape index (κ1) is 14.3. The van der Waals surface area contributed by atoms with Gasteiger partial charge in [-0.2, -0.15) is 5.10 Å². The third-order valence-corrected chi connectivity index (χ3v) is 4.07. The lowest BCUT2D eigenvalue weighted by Crippen LogP contribution is -2.35. The van der Waals surface area contributed by atoms with Crippen LogP contribution in [0.25, 0.3) is 0 Å². The van der Waals surface area contributed by atoms with Crippen LogP contribution in [0, 0.1) is 5.92 Å². The van der Waals surface area contributed by atoms with Crippen LogP contribution in [0.3, 0.4) is 0 Å². The van der Waals surface area contributed by atoms with E-state index in [1.807, 2.05) is 6.92 Å². The fraction of sp³-hybridized carbons (Fsp3) is 0.692. The molecule has 0 spiro atoms. The second-order valence-corrected chi connectivity index (χ2v) is 5.54. The number of hydrogen-bond donors (Lipinski definition) is 2. The van der Waals surface area contributed by atoms with Crippen molar-refractivity contribution in [3.05, 3.63) is 21.6 Å². The van der Waals surface area contributed by atoms with Gasteiger partial charge in [-0.15, -0.1) is 0 Å². The summed E-state index contributed by atoms with van der Waals surface area (Å²) in [7, 11) is 0. The monoisotopic (exact) mass is 284 g/mol. The largest absolute Gasteiger partial charge is 0.375 e. The zero-order chi connectivity index (χ0) is 13.8. The molecule has 0 amide bonds. The van der Waals surface area contributed by atoms with Gasteiger partial charge in [0.05, 0.1) is 11.2 Å². The van der Waals surface area contributed by atoms with Gasteiger partial charge in [-0.1, -0.05) is 24.9 Å². The molecule has 106 valence electrons. The number of nitrogens with one attached hydrogen (secondary N) is 1. The van der Waals surface area contributed by atoms with E-state index in [-0.39, 0.29) is 11.6 Å². The Bertz CT molecular complexity index is 480. The van der Waals surface area contributed by atoms with Crippen LogP contribution in [0.1, 0.15) is 32.6 Å². The highest BCUT2D eigenvalue weighted by Gasteiger charge is 2.20. The molecule has 5 nitrogen and oxygen atoms in total. The molecule has 0 radical (unpaired) electrons. The maximum Gasteiger partial charge on any atom is 0.291 e. The maximum absolute atomic E-state index is 12.3. The van der Waals surface area contributed by atoms with Crippen molar-refractivity contribution in [3.8, 4) is 0 Å². The Balaban J connectivity index is 2.20. The van der Waals surface area contributed by atoms with Gasteiger partial charge in [-0.25, -0.2) is 4.68 Å². The molecule has 1 aliphatic carbocycles. The topological polar surface area (TPSA) is 72.9 Å². The molecule has 1 saturated carbocycles. The highest BCUT2D eigenvalue weighted by Crippen LogP contribution is 2.27. The minimum Gasteiger partial charge on any atom is -0.375 e. The summed E-state index contributed by atoms with van der Waals surface area (Å²) >= 11 is 6.06. The number of rotatable bonds is 6. The number of aromatic nitrogens is 2. The fourth-order valence-corrected chi connectivity index (χ4v) is 2.36. The molecule has 0 saturated heterocycles. The molecule has 1 unspecified atom stereocenters. The van der Waals surface area contributed by atoms with Crippen LogP contribution in [-0.4, -0.2) is 22.4 Å². The standard InChI is InChI=1S/C13H21ClN4O/c1-2-10(6-15)17-12-11(14)7-16-18(13(12)19)8-9-4-3-5-9/h7,9-10,17H,2-6,8,15H2,1H3. The van der Waals surface area contributed by atoms with Crippen LogP contribution < -0.4 is 16.6 Å². The fourth-order valence-electron chi connectivity index (χ4n) is 2.18. The lowest BCUT2D eigenvalue weighted by Gasteiger charge is -2.25. The van der Waals surface area contributed by atoms with Gasteiger partial charge in [-0.05, 0) is 25.2 Å². The zero-order valence-electron chi connectivity index (χ0n) is 11.2. The lowest BCUT2D eigenvalue weighted by molar-refractivity contribution is 0.262. The summed E-state index contributed by atoms with van der Waals surface area (Å²) in [6.07, 6.45) is 5.99. The van der Waals surface area contributed by atoms with E-state index in [1.54, 1.807) is 0 Å². The summed E-state index contributed by atoms with van der Waals surface area (Å²) in [6.45, 7) is 3.17. The van der Waals surface area contributed by atoms with Crippen LogP contribution in [0.2, 0.25) is 5.02 Å². The van der Waals surface area contributed by atoms with E-state index >= 15 is 0 Å². The van der Waals surface area contributed by atoms with Crippen LogP contribution in [0.5, 0.6) is 0 Å². The number of nitrogens with two attached hydrogens (primary N) is 1. The Kier molecular flexibility index (Phi) is 4.82. The zero-order valence-corrected chi connectivity index (χ0v) is 12.0. The minimum absolute atomic E-state index is 0.0600. The summed E-state index contributed by atoms with van der Waals surface area (Å²) in [4.78, 5) is 12.3. The summed E-state index contributed by atoms with van der Waals surface area (Å²) in [5.74, 6) is 0.579. The first-order chi connectivity index (χ1) is 9.15. The molecule has 0 aliphatic heterocycles. The molecule has 3 N–H and O–H groups in total. The number of anilines is 1. The first-order valence-electron chi connectivity index (χ1n) is 6.88. The maximum atomic E-state index is 12.3. The van der Waals surface area contributed by atoms with Crippen molar-refractivity contribution in [1.82, 2.24) is 9.78 Å². The van der Waals surface area contributed by atoms with Crippen molar-refractivity contribution in [2.45, 2.75) is 45.2 Å². The van der Waals surface area contributed by atoms with Gasteiger partial charge in [0.1, 0.15) is 5.69 Å². The molecule has 2 rings (SSSR count). The van der Waals surface area contributed by atoms with Crippen LogP contribution >= 0.6 is 11.6 Å². The van der Waals surface area contributed by atoms with Gasteiger partial charge in [-0.3, -0.25) is 4.79 Å². The van der Waals surface area contributed by atoms with Crippen molar-refractivity contribution >= 4 is 17.3 Å². The van der Waals surface area contributed by atoms with E-state index in [9.17, 15) is 4.79 Å². The van der Waals surface area contributed by atoms with Crippen LogP contribution in [0.15, 0.2) is 11.0 Å². The Hall–Kier alpha value is -1.07. The predicted molar refractivity (Wildman–Crippen MR) is 77.6 cm³/mol. The average molecular weight is 285 g/mol. The van der Waals surface area contributed by atoms with Crippen molar-refractivity contribution < 1.29 is 0 Å². The van der Waals surface area contributed by atoms with E-state index in [0.717, 1.165) is 6.42 Å². The van der Waals surface area contributed by atoms with Gasteiger partial charge < -0.3 is 11.1 Å². The second kappa shape index (κ2) is 6.39. The third-order valence-electron chi connectivity index (χ3n) is 3.78. The van der Waals surface area contributed by atoms with Crippen LogP contribution in [0.4, 0.5) is 5.69 Å². The summed E-state index contributed by atoms with van der Waals surface area (Å²) in [5, 5.41) is 7.62. The van der Waals surface area contributed by atoms with E-state index in [4.69, 9.17) is 17.3 Å². The number of hydrogen-bond acceptors (Lipinski definition) is 4. The molecule has 1 atom stereocenters. The van der Waals surface area contributed by atoms with Gasteiger partial charge in [0.15, 0.2) is 0 Å². The van der Waals surface area contributed by atoms with Crippen molar-refractivity contribution in [1.29, 1.82) is 0 Å². The SMILES string of the molecule is CCC(CN)Nc1c(Cl)cnn(CC2CCC2)c1=O. The smallest absolute Gasteiger partial charge is 0.291 e. The molecule has 1 aliphatic rings. The average Bonchev–Trinajstić information content (AvgIpc) is 2.36. The molecule has 0 bridgehead atoms. The highest BCUT2D eigenvalue weighted by atomic mass is 35.5. The Labute approximate surface area is 118 Å². The van der Waals surface area contributed by atoms with E-state index in [0.29, 0.717) is 29.7 Å². The van der Waals surface area contributed by atoms with E-state index < -0.39 is 0 Å². The van der Waals surface area contributed by atoms with Gasteiger partial charge in [0.2, 0.25) is 0 Å². The second-order valence-electron chi connectivity index (χ2n) is 5.14. The molecular weight excluding hydrogens is 264 g/mol. The molecule has 1 fully saturated rings. The van der Waals surface area contributed by atoms with Gasteiger partial charge >= 0.3 is 0 Å². The quantitative estimate of drug-likeness (QED) is 0.836. The molecule has 1 heterocycles. The number of halogens is 1. The van der Waals surface area contributed by atoms with E-state index in [2.05, 4.69) is 10.4 Å². The molecule has 19 heavy (non-hydrogen) atoms. The normalized spacial score (nSPS) is 17.0. The summed E-state index contributed by atoms with van der Waals surface area (Å²) in [5.41, 5.74) is 5.93. The Morgan fingerprint density at radius 2 is 2.37 bits per heavy atom. The third kappa shape index (κ3) is 3.28. The molecule has 1 aromatic rings. The molecule has 6 heteroatoms. The van der Waals surface area contributed by atoms with Gasteiger partial charge in [0, 0.05) is 19.1 Å². The number of nitrogens with zero attached hydrogens (tertiary/aromatic N) is 2. The highest BCUT2D eigenvalue weighted by molar-refractivity contribution is 6.33. The van der Waals surface area contributed by atoms with Crippen molar-refractivity contribution in [2.24, 2.45) is 11.7 Å². The predicted octanol–water partition coefficient (Wildman–Crippen LogP) is 1.85. The first-order valence-corrected chi connectivity index (χ1v) is 7.25. The molecule has 1 aromatic heterocycles. The summed E-state index contributed by atoms with van der Waals surface area (Å²) < 4.78 is 1.52.